The predicted octanol–water partition coefficient (Wildman–Crippen LogP) is 2.65. The molecule has 1 aliphatic rings. The van der Waals surface area contributed by atoms with Crippen LogP contribution in [0.4, 0.5) is 14.5 Å². The molecule has 1 atom stereocenters. The largest absolute Gasteiger partial charge is 0.306 e. The molecule has 1 unspecified atom stereocenters. The Hall–Kier alpha value is -2.02. The Morgan fingerprint density at radius 2 is 1.81 bits per heavy atom. The molecule has 1 amide bonds. The van der Waals surface area contributed by atoms with Crippen LogP contribution in [0.15, 0.2) is 41.8 Å². The second kappa shape index (κ2) is 5.77. The number of benzene rings is 1. The van der Waals surface area contributed by atoms with E-state index in [9.17, 15) is 13.6 Å². The van der Waals surface area contributed by atoms with Crippen LogP contribution in [0, 0.1) is 11.6 Å². The van der Waals surface area contributed by atoms with Crippen LogP contribution in [-0.2, 0) is 4.79 Å². The fraction of sp³-hybridized carbons (Fsp3) is 0.214. The smallest absolute Gasteiger partial charge is 0.240 e. The minimum atomic E-state index is -0.732. The standard InChI is InChI=1S/C14H11F2N3OS/c15-9-3-1-4-10(16)12(9)19-8-5-11(13(19)20)21-14-17-6-2-7-18-14/h1-4,6-7,11H,5,8H2. The van der Waals surface area contributed by atoms with Crippen LogP contribution < -0.4 is 4.90 Å². The molecular formula is C14H11F2N3OS. The fourth-order valence-corrected chi connectivity index (χ4v) is 3.15. The summed E-state index contributed by atoms with van der Waals surface area (Å²) >= 11 is 1.21. The molecule has 1 aromatic carbocycles. The lowest BCUT2D eigenvalue weighted by molar-refractivity contribution is -0.116. The zero-order valence-corrected chi connectivity index (χ0v) is 11.7. The number of aromatic nitrogens is 2. The van der Waals surface area contributed by atoms with E-state index in [4.69, 9.17) is 0 Å². The second-order valence-corrected chi connectivity index (χ2v) is 5.66. The highest BCUT2D eigenvalue weighted by Crippen LogP contribution is 2.33. The van der Waals surface area contributed by atoms with Gasteiger partial charge in [-0.2, -0.15) is 0 Å². The molecule has 0 saturated carbocycles. The highest BCUT2D eigenvalue weighted by molar-refractivity contribution is 8.00. The van der Waals surface area contributed by atoms with E-state index in [0.29, 0.717) is 11.6 Å². The molecular weight excluding hydrogens is 296 g/mol. The molecule has 4 nitrogen and oxygen atoms in total. The van der Waals surface area contributed by atoms with Crippen molar-refractivity contribution < 1.29 is 13.6 Å². The van der Waals surface area contributed by atoms with E-state index in [1.165, 1.54) is 17.8 Å². The third-order valence-corrected chi connectivity index (χ3v) is 4.30. The van der Waals surface area contributed by atoms with Crippen molar-refractivity contribution >= 4 is 23.4 Å². The van der Waals surface area contributed by atoms with Gasteiger partial charge in [0.05, 0.1) is 5.25 Å². The SMILES string of the molecule is O=C1C(Sc2ncccn2)CCN1c1c(F)cccc1F. The first-order valence-corrected chi connectivity index (χ1v) is 7.24. The Bertz CT molecular complexity index is 648. The number of nitrogens with zero attached hydrogens (tertiary/aromatic N) is 3. The number of thioether (sulfide) groups is 1. The Morgan fingerprint density at radius 1 is 1.14 bits per heavy atom. The number of carbonyl (C=O) groups is 1. The number of anilines is 1. The average molecular weight is 307 g/mol. The van der Waals surface area contributed by atoms with Crippen molar-refractivity contribution in [3.05, 3.63) is 48.3 Å². The molecule has 0 aliphatic carbocycles. The molecule has 1 saturated heterocycles. The van der Waals surface area contributed by atoms with E-state index in [1.807, 2.05) is 0 Å². The summed E-state index contributed by atoms with van der Waals surface area (Å²) in [6.45, 7) is 0.279. The van der Waals surface area contributed by atoms with Gasteiger partial charge in [0.1, 0.15) is 17.3 Å². The highest BCUT2D eigenvalue weighted by Gasteiger charge is 2.36. The Labute approximate surface area is 124 Å². The van der Waals surface area contributed by atoms with Gasteiger partial charge in [0, 0.05) is 18.9 Å². The maximum absolute atomic E-state index is 13.8. The fourth-order valence-electron chi connectivity index (χ4n) is 2.21. The van der Waals surface area contributed by atoms with E-state index in [1.54, 1.807) is 18.5 Å². The normalized spacial score (nSPS) is 18.3. The molecule has 0 spiro atoms. The number of carbonyl (C=O) groups excluding carboxylic acids is 1. The first-order valence-electron chi connectivity index (χ1n) is 6.36. The summed E-state index contributed by atoms with van der Waals surface area (Å²) in [6.07, 6.45) is 3.67. The van der Waals surface area contributed by atoms with Crippen LogP contribution >= 0.6 is 11.8 Å². The molecule has 3 rings (SSSR count). The Morgan fingerprint density at radius 3 is 2.48 bits per heavy atom. The monoisotopic (exact) mass is 307 g/mol. The lowest BCUT2D eigenvalue weighted by Crippen LogP contribution is -2.29. The number of rotatable bonds is 3. The molecule has 1 aromatic heterocycles. The minimum absolute atomic E-state index is 0.278. The van der Waals surface area contributed by atoms with Gasteiger partial charge in [-0.3, -0.25) is 4.79 Å². The number of hydrogen-bond acceptors (Lipinski definition) is 4. The summed E-state index contributed by atoms with van der Waals surface area (Å²) in [5, 5.41) is 0.0538. The zero-order chi connectivity index (χ0) is 14.8. The third kappa shape index (κ3) is 2.73. The maximum atomic E-state index is 13.8. The minimum Gasteiger partial charge on any atom is -0.306 e. The van der Waals surface area contributed by atoms with Gasteiger partial charge in [-0.15, -0.1) is 0 Å². The molecule has 2 aromatic rings. The molecule has 0 N–H and O–H groups in total. The van der Waals surface area contributed by atoms with E-state index in [2.05, 4.69) is 9.97 Å². The van der Waals surface area contributed by atoms with Gasteiger partial charge >= 0.3 is 0 Å². The first kappa shape index (κ1) is 13.9. The molecule has 0 radical (unpaired) electrons. The van der Waals surface area contributed by atoms with E-state index >= 15 is 0 Å². The third-order valence-electron chi connectivity index (χ3n) is 3.15. The summed E-state index contributed by atoms with van der Waals surface area (Å²) in [7, 11) is 0. The first-order chi connectivity index (χ1) is 10.2. The van der Waals surface area contributed by atoms with Gasteiger partial charge < -0.3 is 4.90 Å². The van der Waals surface area contributed by atoms with E-state index in [0.717, 1.165) is 17.0 Å². The van der Waals surface area contributed by atoms with Crippen LogP contribution in [0.25, 0.3) is 0 Å². The van der Waals surface area contributed by atoms with Crippen LogP contribution in [0.2, 0.25) is 0 Å². The molecule has 1 aliphatic heterocycles. The van der Waals surface area contributed by atoms with Crippen molar-refractivity contribution in [2.24, 2.45) is 0 Å². The summed E-state index contributed by atoms with van der Waals surface area (Å²) in [4.78, 5) is 21.6. The molecule has 1 fully saturated rings. The quantitative estimate of drug-likeness (QED) is 0.818. The predicted molar refractivity (Wildman–Crippen MR) is 75.0 cm³/mol. The lowest BCUT2D eigenvalue weighted by Gasteiger charge is -2.17. The van der Waals surface area contributed by atoms with Crippen molar-refractivity contribution in [3.63, 3.8) is 0 Å². The molecule has 0 bridgehead atoms. The van der Waals surface area contributed by atoms with Crippen molar-refractivity contribution in [1.82, 2.24) is 9.97 Å². The Balaban J connectivity index is 1.81. The van der Waals surface area contributed by atoms with Crippen molar-refractivity contribution in [1.29, 1.82) is 0 Å². The Kier molecular flexibility index (Phi) is 3.83. The summed E-state index contributed by atoms with van der Waals surface area (Å²) in [5.41, 5.74) is -0.278. The van der Waals surface area contributed by atoms with Gasteiger partial charge in [-0.1, -0.05) is 17.8 Å². The average Bonchev–Trinajstić information content (AvgIpc) is 2.82. The van der Waals surface area contributed by atoms with Crippen LogP contribution in [0.3, 0.4) is 0 Å². The van der Waals surface area contributed by atoms with Gasteiger partial charge in [-0.25, -0.2) is 18.7 Å². The van der Waals surface area contributed by atoms with Gasteiger partial charge in [0.15, 0.2) is 5.16 Å². The zero-order valence-electron chi connectivity index (χ0n) is 10.9. The van der Waals surface area contributed by atoms with Crippen LogP contribution in [0.5, 0.6) is 0 Å². The number of amides is 1. The summed E-state index contributed by atoms with van der Waals surface area (Å²) in [5.74, 6) is -1.79. The van der Waals surface area contributed by atoms with Crippen molar-refractivity contribution in [2.75, 3.05) is 11.4 Å². The molecule has 2 heterocycles. The van der Waals surface area contributed by atoms with E-state index < -0.39 is 16.9 Å². The molecule has 7 heteroatoms. The topological polar surface area (TPSA) is 46.1 Å². The highest BCUT2D eigenvalue weighted by atomic mass is 32.2. The maximum Gasteiger partial charge on any atom is 0.240 e. The van der Waals surface area contributed by atoms with Crippen molar-refractivity contribution in [3.8, 4) is 0 Å². The van der Waals surface area contributed by atoms with E-state index in [-0.39, 0.29) is 18.1 Å². The molecule has 108 valence electrons. The lowest BCUT2D eigenvalue weighted by atomic mass is 10.2. The number of halogens is 2. The van der Waals surface area contributed by atoms with Crippen molar-refractivity contribution in [2.45, 2.75) is 16.8 Å². The number of hydrogen-bond donors (Lipinski definition) is 0. The number of para-hydroxylation sites is 1. The summed E-state index contributed by atoms with van der Waals surface area (Å²) in [6, 6.07) is 5.25. The van der Waals surface area contributed by atoms with Crippen LogP contribution in [-0.4, -0.2) is 27.7 Å². The second-order valence-electron chi connectivity index (χ2n) is 4.49. The van der Waals surface area contributed by atoms with Gasteiger partial charge in [-0.05, 0) is 24.6 Å². The van der Waals surface area contributed by atoms with Gasteiger partial charge in [0.25, 0.3) is 0 Å². The van der Waals surface area contributed by atoms with Gasteiger partial charge in [0.2, 0.25) is 5.91 Å². The van der Waals surface area contributed by atoms with Crippen LogP contribution in [0.1, 0.15) is 6.42 Å². The summed E-state index contributed by atoms with van der Waals surface area (Å²) < 4.78 is 27.5. The molecule has 21 heavy (non-hydrogen) atoms.